The lowest BCUT2D eigenvalue weighted by Gasteiger charge is -2.09. The van der Waals surface area contributed by atoms with E-state index in [9.17, 15) is 0 Å². The van der Waals surface area contributed by atoms with Gasteiger partial charge in [-0.2, -0.15) is 0 Å². The van der Waals surface area contributed by atoms with Gasteiger partial charge in [0.05, 0.1) is 0 Å². The van der Waals surface area contributed by atoms with Crippen molar-refractivity contribution in [2.75, 3.05) is 0 Å². The third-order valence-corrected chi connectivity index (χ3v) is 5.75. The van der Waals surface area contributed by atoms with Crippen LogP contribution in [0.1, 0.15) is 48.9 Å². The minimum Gasteiger partial charge on any atom is -0.206 e. The molecule has 1 heteroatoms. The number of fused-ring (bicyclic) bond motifs is 1. The van der Waals surface area contributed by atoms with Gasteiger partial charge in [0.25, 0.3) is 0 Å². The fraction of sp³-hybridized carbons (Fsp3) is 0.200. The SMILES string of the molecule is CCCCc1ccc(-c2ccc3cc(C#Cc4ccc(CC)cc4)ccc3c2F)cc1. The molecule has 0 nitrogen and oxygen atoms in total. The van der Waals surface area contributed by atoms with Crippen LogP contribution in [0.3, 0.4) is 0 Å². The Labute approximate surface area is 184 Å². The van der Waals surface area contributed by atoms with Crippen molar-refractivity contribution in [3.63, 3.8) is 0 Å². The summed E-state index contributed by atoms with van der Waals surface area (Å²) in [6.07, 6.45) is 4.45. The second-order valence-electron chi connectivity index (χ2n) is 7.96. The Bertz CT molecular complexity index is 1240. The third-order valence-electron chi connectivity index (χ3n) is 5.75. The fourth-order valence-corrected chi connectivity index (χ4v) is 3.79. The minimum atomic E-state index is -0.173. The molecule has 0 aliphatic heterocycles. The number of benzene rings is 4. The molecule has 0 amide bonds. The first-order valence-corrected chi connectivity index (χ1v) is 11.1. The molecule has 0 saturated heterocycles. The van der Waals surface area contributed by atoms with Gasteiger partial charge in [-0.15, -0.1) is 0 Å². The molecule has 4 rings (SSSR count). The van der Waals surface area contributed by atoms with Crippen LogP contribution in [0, 0.1) is 17.7 Å². The van der Waals surface area contributed by atoms with E-state index in [1.54, 1.807) is 0 Å². The van der Waals surface area contributed by atoms with E-state index in [1.165, 1.54) is 24.0 Å². The van der Waals surface area contributed by atoms with E-state index < -0.39 is 0 Å². The molecular weight excluding hydrogens is 379 g/mol. The molecule has 0 aliphatic carbocycles. The van der Waals surface area contributed by atoms with E-state index in [4.69, 9.17) is 0 Å². The van der Waals surface area contributed by atoms with Crippen LogP contribution in [-0.2, 0) is 12.8 Å². The second-order valence-corrected chi connectivity index (χ2v) is 7.96. The van der Waals surface area contributed by atoms with Crippen LogP contribution in [-0.4, -0.2) is 0 Å². The molecule has 154 valence electrons. The second kappa shape index (κ2) is 9.63. The van der Waals surface area contributed by atoms with Gasteiger partial charge in [0, 0.05) is 22.1 Å². The molecule has 0 aliphatic rings. The predicted molar refractivity (Wildman–Crippen MR) is 130 cm³/mol. The van der Waals surface area contributed by atoms with Gasteiger partial charge in [-0.1, -0.05) is 86.7 Å². The topological polar surface area (TPSA) is 0 Å². The first-order chi connectivity index (χ1) is 15.2. The fourth-order valence-electron chi connectivity index (χ4n) is 3.79. The number of aryl methyl sites for hydroxylation is 2. The number of halogens is 1. The van der Waals surface area contributed by atoms with Crippen molar-refractivity contribution in [1.29, 1.82) is 0 Å². The molecule has 0 heterocycles. The van der Waals surface area contributed by atoms with E-state index in [1.807, 2.05) is 54.6 Å². The Morgan fingerprint density at radius 3 is 2.10 bits per heavy atom. The zero-order valence-electron chi connectivity index (χ0n) is 18.2. The summed E-state index contributed by atoms with van der Waals surface area (Å²) in [5.74, 6) is 6.24. The van der Waals surface area contributed by atoms with Gasteiger partial charge in [0.1, 0.15) is 5.82 Å². The highest BCUT2D eigenvalue weighted by Crippen LogP contribution is 2.30. The van der Waals surface area contributed by atoms with E-state index in [-0.39, 0.29) is 5.82 Å². The lowest BCUT2D eigenvalue weighted by Crippen LogP contribution is -1.89. The van der Waals surface area contributed by atoms with Gasteiger partial charge in [-0.05, 0) is 65.6 Å². The standard InChI is InChI=1S/C30H27F/c1-3-5-6-23-13-16-26(17-14-23)28-20-18-27-21-25(15-19-29(27)30(28)31)12-11-24-9-7-22(4-2)8-10-24/h7-10,13-21H,3-6H2,1-2H3. The van der Waals surface area contributed by atoms with Crippen molar-refractivity contribution in [2.45, 2.75) is 39.5 Å². The number of unbranched alkanes of at least 4 members (excludes halogenated alkanes) is 1. The molecule has 0 unspecified atom stereocenters. The molecule has 4 aromatic carbocycles. The highest BCUT2D eigenvalue weighted by Gasteiger charge is 2.10. The number of hydrogen-bond acceptors (Lipinski definition) is 0. The monoisotopic (exact) mass is 406 g/mol. The summed E-state index contributed by atoms with van der Waals surface area (Å²) in [5.41, 5.74) is 6.04. The predicted octanol–water partition coefficient (Wildman–Crippen LogP) is 7.95. The van der Waals surface area contributed by atoms with Crippen LogP contribution in [0.25, 0.3) is 21.9 Å². The Kier molecular flexibility index (Phi) is 6.48. The summed E-state index contributed by atoms with van der Waals surface area (Å²) >= 11 is 0. The normalized spacial score (nSPS) is 10.7. The molecule has 0 spiro atoms. The molecule has 4 aromatic rings. The van der Waals surface area contributed by atoms with E-state index in [2.05, 4.69) is 50.0 Å². The summed E-state index contributed by atoms with van der Waals surface area (Å²) < 4.78 is 15.3. The Balaban J connectivity index is 1.60. The van der Waals surface area contributed by atoms with Crippen molar-refractivity contribution < 1.29 is 4.39 Å². The van der Waals surface area contributed by atoms with Gasteiger partial charge < -0.3 is 0 Å². The summed E-state index contributed by atoms with van der Waals surface area (Å²) in [5, 5.41) is 1.50. The average Bonchev–Trinajstić information content (AvgIpc) is 2.82. The van der Waals surface area contributed by atoms with Crippen LogP contribution in [0.2, 0.25) is 0 Å². The molecule has 0 radical (unpaired) electrons. The zero-order chi connectivity index (χ0) is 21.6. The van der Waals surface area contributed by atoms with Crippen molar-refractivity contribution in [3.8, 4) is 23.0 Å². The van der Waals surface area contributed by atoms with Gasteiger partial charge in [0.2, 0.25) is 0 Å². The smallest absolute Gasteiger partial charge is 0.138 e. The van der Waals surface area contributed by atoms with Crippen LogP contribution < -0.4 is 0 Å². The van der Waals surface area contributed by atoms with Crippen LogP contribution in [0.15, 0.2) is 78.9 Å². The molecule has 0 bridgehead atoms. The summed E-state index contributed by atoms with van der Waals surface area (Å²) in [7, 11) is 0. The van der Waals surface area contributed by atoms with Crippen molar-refractivity contribution >= 4 is 10.8 Å². The largest absolute Gasteiger partial charge is 0.206 e. The third kappa shape index (κ3) is 4.86. The number of hydrogen-bond donors (Lipinski definition) is 0. The summed E-state index contributed by atoms with van der Waals surface area (Å²) in [6, 6.07) is 26.2. The van der Waals surface area contributed by atoms with E-state index in [0.717, 1.165) is 34.9 Å². The maximum Gasteiger partial charge on any atom is 0.138 e. The summed E-state index contributed by atoms with van der Waals surface area (Å²) in [6.45, 7) is 4.34. The Morgan fingerprint density at radius 2 is 1.39 bits per heavy atom. The lowest BCUT2D eigenvalue weighted by atomic mass is 9.97. The van der Waals surface area contributed by atoms with Crippen LogP contribution in [0.4, 0.5) is 4.39 Å². The highest BCUT2D eigenvalue weighted by atomic mass is 19.1. The Hall–Kier alpha value is -3.37. The van der Waals surface area contributed by atoms with Gasteiger partial charge in [-0.25, -0.2) is 4.39 Å². The molecule has 0 fully saturated rings. The molecule has 0 saturated carbocycles. The molecule has 0 aromatic heterocycles. The Morgan fingerprint density at radius 1 is 0.710 bits per heavy atom. The average molecular weight is 407 g/mol. The van der Waals surface area contributed by atoms with Gasteiger partial charge in [-0.3, -0.25) is 0 Å². The molecule has 31 heavy (non-hydrogen) atoms. The minimum absolute atomic E-state index is 0.173. The lowest BCUT2D eigenvalue weighted by molar-refractivity contribution is 0.643. The van der Waals surface area contributed by atoms with Gasteiger partial charge in [0.15, 0.2) is 0 Å². The van der Waals surface area contributed by atoms with Crippen LogP contribution in [0.5, 0.6) is 0 Å². The molecule has 0 N–H and O–H groups in total. The highest BCUT2D eigenvalue weighted by molar-refractivity contribution is 5.89. The van der Waals surface area contributed by atoms with E-state index in [0.29, 0.717) is 10.9 Å². The van der Waals surface area contributed by atoms with Crippen molar-refractivity contribution in [3.05, 3.63) is 107 Å². The maximum absolute atomic E-state index is 15.3. The van der Waals surface area contributed by atoms with E-state index >= 15 is 4.39 Å². The van der Waals surface area contributed by atoms with Crippen molar-refractivity contribution in [1.82, 2.24) is 0 Å². The molecule has 0 atom stereocenters. The first-order valence-electron chi connectivity index (χ1n) is 11.1. The van der Waals surface area contributed by atoms with Gasteiger partial charge >= 0.3 is 0 Å². The first kappa shape index (κ1) is 20.9. The number of rotatable bonds is 5. The molecular formula is C30H27F. The quantitative estimate of drug-likeness (QED) is 0.295. The zero-order valence-corrected chi connectivity index (χ0v) is 18.2. The van der Waals surface area contributed by atoms with Crippen LogP contribution >= 0.6 is 0 Å². The summed E-state index contributed by atoms with van der Waals surface area (Å²) in [4.78, 5) is 0. The van der Waals surface area contributed by atoms with Crippen molar-refractivity contribution in [2.24, 2.45) is 0 Å². The maximum atomic E-state index is 15.3.